The quantitative estimate of drug-likeness (QED) is 0.328. The molecule has 0 saturated heterocycles. The minimum absolute atomic E-state index is 0.0113. The van der Waals surface area contributed by atoms with Gasteiger partial charge in [-0.3, -0.25) is 4.68 Å². The summed E-state index contributed by atoms with van der Waals surface area (Å²) in [7, 11) is -0.740. The first-order chi connectivity index (χ1) is 17.4. The maximum atomic E-state index is 13.9. The van der Waals surface area contributed by atoms with Crippen LogP contribution in [0.4, 0.5) is 0 Å². The van der Waals surface area contributed by atoms with Crippen molar-refractivity contribution in [1.82, 2.24) is 14.1 Å². The van der Waals surface area contributed by atoms with Gasteiger partial charge in [0.1, 0.15) is 11.5 Å². The summed E-state index contributed by atoms with van der Waals surface area (Å²) in [6, 6.07) is 16.5. The molecule has 36 heavy (non-hydrogen) atoms. The third kappa shape index (κ3) is 6.44. The Labute approximate surface area is 212 Å². The number of hydrogen-bond acceptors (Lipinski definition) is 7. The van der Waals surface area contributed by atoms with E-state index in [-0.39, 0.29) is 37.4 Å². The van der Waals surface area contributed by atoms with Crippen molar-refractivity contribution in [3.8, 4) is 11.5 Å². The van der Waals surface area contributed by atoms with E-state index in [9.17, 15) is 8.42 Å². The van der Waals surface area contributed by atoms with Gasteiger partial charge in [-0.05, 0) is 54.7 Å². The molecule has 0 bridgehead atoms. The highest BCUT2D eigenvalue weighted by atomic mass is 32.2. The number of sulfonamides is 1. The molecular weight excluding hydrogens is 482 g/mol. The monoisotopic (exact) mass is 515 g/mol. The van der Waals surface area contributed by atoms with Gasteiger partial charge in [0, 0.05) is 32.4 Å². The van der Waals surface area contributed by atoms with Gasteiger partial charge in [-0.1, -0.05) is 24.3 Å². The van der Waals surface area contributed by atoms with Crippen LogP contribution >= 0.6 is 0 Å². The van der Waals surface area contributed by atoms with Crippen LogP contribution < -0.4 is 9.47 Å². The number of aliphatic hydroxyl groups excluding tert-OH is 1. The molecule has 2 aromatic carbocycles. The zero-order chi connectivity index (χ0) is 25.5. The van der Waals surface area contributed by atoms with E-state index in [0.717, 1.165) is 29.7 Å². The molecule has 1 heterocycles. The van der Waals surface area contributed by atoms with Crippen LogP contribution in [0.3, 0.4) is 0 Å². The fourth-order valence-electron chi connectivity index (χ4n) is 3.85. The van der Waals surface area contributed by atoms with Crippen LogP contribution in [-0.2, 0) is 34.5 Å². The lowest BCUT2D eigenvalue weighted by atomic mass is 10.2. The topological polar surface area (TPSA) is 103 Å². The van der Waals surface area contributed by atoms with Gasteiger partial charge < -0.3 is 19.3 Å². The molecule has 0 unspecified atom stereocenters. The molecule has 10 heteroatoms. The molecule has 1 aliphatic carbocycles. The van der Waals surface area contributed by atoms with Crippen molar-refractivity contribution < 1.29 is 27.7 Å². The van der Waals surface area contributed by atoms with E-state index in [4.69, 9.17) is 19.3 Å². The van der Waals surface area contributed by atoms with E-state index < -0.39 is 10.0 Å². The second kappa shape index (κ2) is 11.9. The minimum Gasteiger partial charge on any atom is -0.497 e. The molecule has 1 aromatic heterocycles. The Morgan fingerprint density at radius 1 is 0.972 bits per heavy atom. The van der Waals surface area contributed by atoms with E-state index in [1.165, 1.54) is 4.31 Å². The number of rotatable bonds is 14. The van der Waals surface area contributed by atoms with Crippen LogP contribution in [0.5, 0.6) is 11.5 Å². The van der Waals surface area contributed by atoms with Crippen LogP contribution in [-0.4, -0.2) is 55.0 Å². The molecule has 9 nitrogen and oxygen atoms in total. The summed E-state index contributed by atoms with van der Waals surface area (Å²) >= 11 is 0. The van der Waals surface area contributed by atoms with Crippen molar-refractivity contribution in [1.29, 1.82) is 0 Å². The third-order valence-electron chi connectivity index (χ3n) is 6.02. The Kier molecular flexibility index (Phi) is 8.63. The number of methoxy groups -OCH3 is 2. The van der Waals surface area contributed by atoms with E-state index in [1.807, 2.05) is 48.5 Å². The first-order valence-electron chi connectivity index (χ1n) is 12.0. The first-order valence-corrected chi connectivity index (χ1v) is 13.4. The third-order valence-corrected chi connectivity index (χ3v) is 7.69. The zero-order valence-corrected chi connectivity index (χ0v) is 21.5. The summed E-state index contributed by atoms with van der Waals surface area (Å²) < 4.78 is 47.1. The molecular formula is C26H33N3O6S. The highest BCUT2D eigenvalue weighted by molar-refractivity contribution is 7.89. The largest absolute Gasteiger partial charge is 0.497 e. The lowest BCUT2D eigenvalue weighted by Crippen LogP contribution is -2.30. The summed E-state index contributed by atoms with van der Waals surface area (Å²) in [5.41, 5.74) is 2.40. The molecule has 194 valence electrons. The second-order valence-corrected chi connectivity index (χ2v) is 10.6. The molecule has 0 aliphatic heterocycles. The maximum absolute atomic E-state index is 13.9. The van der Waals surface area contributed by atoms with Crippen molar-refractivity contribution in [2.45, 2.75) is 50.0 Å². The Morgan fingerprint density at radius 3 is 2.00 bits per heavy atom. The molecule has 1 N–H and O–H groups in total. The van der Waals surface area contributed by atoms with Crippen molar-refractivity contribution in [3.63, 3.8) is 0 Å². The van der Waals surface area contributed by atoms with E-state index in [2.05, 4.69) is 5.10 Å². The fourth-order valence-corrected chi connectivity index (χ4v) is 5.23. The summed E-state index contributed by atoms with van der Waals surface area (Å²) in [5, 5.41) is 13.5. The number of hydrogen-bond donors (Lipinski definition) is 1. The normalized spacial score (nSPS) is 13.8. The van der Waals surface area contributed by atoms with Crippen LogP contribution in [0.2, 0.25) is 0 Å². The molecule has 0 spiro atoms. The van der Waals surface area contributed by atoms with Crippen LogP contribution in [0.25, 0.3) is 0 Å². The number of benzene rings is 2. The molecule has 1 aliphatic rings. The smallest absolute Gasteiger partial charge is 0.263 e. The number of nitrogens with zero attached hydrogens (tertiary/aromatic N) is 3. The Balaban J connectivity index is 1.63. The van der Waals surface area contributed by atoms with Gasteiger partial charge in [0.25, 0.3) is 10.0 Å². The lowest BCUT2D eigenvalue weighted by Gasteiger charge is -2.21. The standard InChI is InChI=1S/C26H33N3O6S/c1-33-24-10-4-20(5-11-24)17-28(18-21-6-12-25(34-2)13-7-21)36(31,32)26-16-23(19-35-15-3-14-30)29(27-26)22-8-9-22/h4-7,10-13,16,22,30H,3,8-9,14-15,17-19H2,1-2H3. The van der Waals surface area contributed by atoms with Crippen LogP contribution in [0, 0.1) is 0 Å². The molecule has 4 rings (SSSR count). The molecule has 0 atom stereocenters. The van der Waals surface area contributed by atoms with Crippen LogP contribution in [0.1, 0.15) is 42.1 Å². The number of aromatic nitrogens is 2. The zero-order valence-electron chi connectivity index (χ0n) is 20.7. The first kappa shape index (κ1) is 26.2. The van der Waals surface area contributed by atoms with Gasteiger partial charge >= 0.3 is 0 Å². The SMILES string of the molecule is COc1ccc(CN(Cc2ccc(OC)cc2)S(=O)(=O)c2cc(COCCCO)n(C3CC3)n2)cc1. The predicted octanol–water partition coefficient (Wildman–Crippen LogP) is 3.53. The molecule has 3 aromatic rings. The minimum atomic E-state index is -3.93. The Bertz CT molecular complexity index is 1170. The summed E-state index contributed by atoms with van der Waals surface area (Å²) in [5.74, 6) is 1.41. The van der Waals surface area contributed by atoms with E-state index in [0.29, 0.717) is 24.5 Å². The molecule has 1 fully saturated rings. The summed E-state index contributed by atoms with van der Waals surface area (Å²) in [4.78, 5) is 0. The van der Waals surface area contributed by atoms with Gasteiger partial charge in [0.05, 0.1) is 32.6 Å². The van der Waals surface area contributed by atoms with Crippen molar-refractivity contribution in [3.05, 3.63) is 71.4 Å². The summed E-state index contributed by atoms with van der Waals surface area (Å²) in [6.45, 7) is 1.05. The molecule has 1 saturated carbocycles. The highest BCUT2D eigenvalue weighted by Crippen LogP contribution is 2.36. The average Bonchev–Trinajstić information content (AvgIpc) is 3.65. The average molecular weight is 516 g/mol. The van der Waals surface area contributed by atoms with Gasteiger partial charge in [0.2, 0.25) is 0 Å². The number of aliphatic hydroxyl groups is 1. The number of ether oxygens (including phenoxy) is 3. The predicted molar refractivity (Wildman–Crippen MR) is 134 cm³/mol. The van der Waals surface area contributed by atoms with Gasteiger partial charge in [-0.25, -0.2) is 8.42 Å². The van der Waals surface area contributed by atoms with Crippen molar-refractivity contribution >= 4 is 10.0 Å². The Hall–Kier alpha value is -2.92. The van der Waals surface area contributed by atoms with Gasteiger partial charge in [0.15, 0.2) is 5.03 Å². The van der Waals surface area contributed by atoms with E-state index >= 15 is 0 Å². The van der Waals surface area contributed by atoms with Crippen molar-refractivity contribution in [2.75, 3.05) is 27.4 Å². The second-order valence-electron chi connectivity index (χ2n) is 8.75. The Morgan fingerprint density at radius 2 is 1.53 bits per heavy atom. The lowest BCUT2D eigenvalue weighted by molar-refractivity contribution is 0.0990. The van der Waals surface area contributed by atoms with Gasteiger partial charge in [-0.2, -0.15) is 9.40 Å². The maximum Gasteiger partial charge on any atom is 0.263 e. The van der Waals surface area contributed by atoms with Crippen molar-refractivity contribution in [2.24, 2.45) is 0 Å². The van der Waals surface area contributed by atoms with E-state index in [1.54, 1.807) is 25.0 Å². The van der Waals surface area contributed by atoms with Crippen LogP contribution in [0.15, 0.2) is 59.6 Å². The fraction of sp³-hybridized carbons (Fsp3) is 0.423. The highest BCUT2D eigenvalue weighted by Gasteiger charge is 2.33. The van der Waals surface area contributed by atoms with Gasteiger partial charge in [-0.15, -0.1) is 0 Å². The molecule has 0 amide bonds. The summed E-state index contributed by atoms with van der Waals surface area (Å²) in [6.07, 6.45) is 2.46. The molecule has 0 radical (unpaired) electrons.